The number of aliphatic imine (C=N–C) groups is 1. The summed E-state index contributed by atoms with van der Waals surface area (Å²) in [6, 6.07) is 8.63. The molecule has 0 aliphatic rings. The number of guanidine groups is 1. The van der Waals surface area contributed by atoms with Crippen LogP contribution in [0.3, 0.4) is 0 Å². The van der Waals surface area contributed by atoms with E-state index in [9.17, 15) is 0 Å². The fourth-order valence-corrected chi connectivity index (χ4v) is 1.71. The van der Waals surface area contributed by atoms with Gasteiger partial charge in [-0.3, -0.25) is 4.99 Å². The first-order valence-corrected chi connectivity index (χ1v) is 6.62. The minimum atomic E-state index is 0. The van der Waals surface area contributed by atoms with E-state index in [0.717, 1.165) is 25.5 Å². The number of halogens is 1. The number of benzene rings is 1. The van der Waals surface area contributed by atoms with Crippen LogP contribution in [0.25, 0.3) is 0 Å². The molecular formula is C15H26IN3. The third kappa shape index (κ3) is 8.08. The van der Waals surface area contributed by atoms with Gasteiger partial charge in [0.05, 0.1) is 0 Å². The summed E-state index contributed by atoms with van der Waals surface area (Å²) < 4.78 is 0. The van der Waals surface area contributed by atoms with Crippen LogP contribution >= 0.6 is 24.0 Å². The van der Waals surface area contributed by atoms with Gasteiger partial charge in [0.15, 0.2) is 5.96 Å². The molecule has 0 unspecified atom stereocenters. The minimum Gasteiger partial charge on any atom is -0.356 e. The van der Waals surface area contributed by atoms with Gasteiger partial charge in [0.1, 0.15) is 0 Å². The molecule has 3 nitrogen and oxygen atoms in total. The first-order valence-electron chi connectivity index (χ1n) is 6.62. The Kier molecular flexibility index (Phi) is 9.65. The van der Waals surface area contributed by atoms with Crippen molar-refractivity contribution in [3.63, 3.8) is 0 Å². The third-order valence-corrected chi connectivity index (χ3v) is 2.69. The largest absolute Gasteiger partial charge is 0.356 e. The summed E-state index contributed by atoms with van der Waals surface area (Å²) in [5, 5.41) is 6.64. The summed E-state index contributed by atoms with van der Waals surface area (Å²) in [5.41, 5.74) is 2.68. The van der Waals surface area contributed by atoms with Crippen LogP contribution < -0.4 is 10.6 Å². The molecule has 1 aromatic rings. The zero-order valence-electron chi connectivity index (χ0n) is 12.4. The van der Waals surface area contributed by atoms with Crippen molar-refractivity contribution in [3.8, 4) is 0 Å². The second kappa shape index (κ2) is 10.1. The molecule has 19 heavy (non-hydrogen) atoms. The Morgan fingerprint density at radius 1 is 1.26 bits per heavy atom. The maximum absolute atomic E-state index is 4.20. The molecule has 0 spiro atoms. The first-order chi connectivity index (χ1) is 8.61. The number of hydrogen-bond donors (Lipinski definition) is 2. The summed E-state index contributed by atoms with van der Waals surface area (Å²) >= 11 is 0. The summed E-state index contributed by atoms with van der Waals surface area (Å²) in [4.78, 5) is 4.20. The minimum absolute atomic E-state index is 0. The average Bonchev–Trinajstić information content (AvgIpc) is 2.33. The summed E-state index contributed by atoms with van der Waals surface area (Å²) in [6.07, 6.45) is 1.02. The molecule has 1 aromatic carbocycles. The molecule has 0 saturated heterocycles. The van der Waals surface area contributed by atoms with E-state index in [0.29, 0.717) is 5.92 Å². The fraction of sp³-hybridized carbons (Fsp3) is 0.533. The van der Waals surface area contributed by atoms with Gasteiger partial charge in [0.2, 0.25) is 0 Å². The molecule has 0 radical (unpaired) electrons. The van der Waals surface area contributed by atoms with Crippen molar-refractivity contribution < 1.29 is 0 Å². The lowest BCUT2D eigenvalue weighted by Gasteiger charge is -2.13. The Morgan fingerprint density at radius 3 is 2.58 bits per heavy atom. The normalized spacial score (nSPS) is 11.1. The molecule has 0 aromatic heterocycles. The Morgan fingerprint density at radius 2 is 2.00 bits per heavy atom. The van der Waals surface area contributed by atoms with Gasteiger partial charge >= 0.3 is 0 Å². The van der Waals surface area contributed by atoms with E-state index in [1.807, 2.05) is 7.05 Å². The maximum Gasteiger partial charge on any atom is 0.190 e. The van der Waals surface area contributed by atoms with Gasteiger partial charge in [-0.05, 0) is 24.8 Å². The van der Waals surface area contributed by atoms with Gasteiger partial charge < -0.3 is 10.6 Å². The zero-order chi connectivity index (χ0) is 13.4. The highest BCUT2D eigenvalue weighted by molar-refractivity contribution is 14.0. The molecular weight excluding hydrogens is 349 g/mol. The Bertz CT molecular complexity index is 389. The number of nitrogens with one attached hydrogen (secondary N) is 2. The smallest absolute Gasteiger partial charge is 0.190 e. The number of hydrogen-bond acceptors (Lipinski definition) is 1. The van der Waals surface area contributed by atoms with E-state index < -0.39 is 0 Å². The van der Waals surface area contributed by atoms with Crippen LogP contribution in [0, 0.1) is 12.8 Å². The van der Waals surface area contributed by atoms with E-state index in [2.05, 4.69) is 60.7 Å². The summed E-state index contributed by atoms with van der Waals surface area (Å²) in [6.45, 7) is 8.35. The molecule has 108 valence electrons. The molecule has 0 bridgehead atoms. The van der Waals surface area contributed by atoms with Crippen molar-refractivity contribution in [1.82, 2.24) is 10.6 Å². The van der Waals surface area contributed by atoms with Crippen LogP contribution in [0.15, 0.2) is 29.3 Å². The lowest BCUT2D eigenvalue weighted by atomic mass is 10.1. The molecule has 0 fully saturated rings. The predicted octanol–water partition coefficient (Wildman–Crippen LogP) is 2.98. The molecule has 0 amide bonds. The lowest BCUT2D eigenvalue weighted by molar-refractivity contribution is 0.614. The van der Waals surface area contributed by atoms with Gasteiger partial charge in [0, 0.05) is 20.1 Å². The summed E-state index contributed by atoms with van der Waals surface area (Å²) in [7, 11) is 1.81. The standard InChI is InChI=1S/C15H25N3.HI/c1-12(2)11-18-15(16-4)17-9-8-14-7-5-6-13(3)10-14;/h5-7,10,12H,8-9,11H2,1-4H3,(H2,16,17,18);1H. The van der Waals surface area contributed by atoms with Crippen molar-refractivity contribution in [2.45, 2.75) is 27.2 Å². The van der Waals surface area contributed by atoms with Gasteiger partial charge in [-0.15, -0.1) is 24.0 Å². The lowest BCUT2D eigenvalue weighted by Crippen LogP contribution is -2.39. The zero-order valence-corrected chi connectivity index (χ0v) is 14.7. The van der Waals surface area contributed by atoms with Gasteiger partial charge in [-0.25, -0.2) is 0 Å². The van der Waals surface area contributed by atoms with Crippen LogP contribution in [0.1, 0.15) is 25.0 Å². The Balaban J connectivity index is 0.00000324. The molecule has 0 aliphatic heterocycles. The second-order valence-corrected chi connectivity index (χ2v) is 5.01. The summed E-state index contributed by atoms with van der Waals surface area (Å²) in [5.74, 6) is 1.51. The van der Waals surface area contributed by atoms with Crippen molar-refractivity contribution in [3.05, 3.63) is 35.4 Å². The average molecular weight is 375 g/mol. The highest BCUT2D eigenvalue weighted by Crippen LogP contribution is 2.03. The first kappa shape index (κ1) is 18.2. The van der Waals surface area contributed by atoms with Crippen molar-refractivity contribution in [2.24, 2.45) is 10.9 Å². The molecule has 4 heteroatoms. The predicted molar refractivity (Wildman–Crippen MR) is 94.5 cm³/mol. The molecule has 1 rings (SSSR count). The number of aryl methyl sites for hydroxylation is 1. The monoisotopic (exact) mass is 375 g/mol. The van der Waals surface area contributed by atoms with Crippen LogP contribution in [0.2, 0.25) is 0 Å². The van der Waals surface area contributed by atoms with Crippen molar-refractivity contribution in [2.75, 3.05) is 20.1 Å². The molecule has 0 saturated carbocycles. The quantitative estimate of drug-likeness (QED) is 0.472. The molecule has 0 heterocycles. The molecule has 2 N–H and O–H groups in total. The topological polar surface area (TPSA) is 36.4 Å². The Labute approximate surface area is 134 Å². The van der Waals surface area contributed by atoms with Gasteiger partial charge in [-0.2, -0.15) is 0 Å². The molecule has 0 atom stereocenters. The van der Waals surface area contributed by atoms with Crippen LogP contribution in [-0.4, -0.2) is 26.1 Å². The highest BCUT2D eigenvalue weighted by atomic mass is 127. The fourth-order valence-electron chi connectivity index (χ4n) is 1.71. The number of rotatable bonds is 5. The van der Waals surface area contributed by atoms with Gasteiger partial charge in [-0.1, -0.05) is 43.7 Å². The number of nitrogens with zero attached hydrogens (tertiary/aromatic N) is 1. The van der Waals surface area contributed by atoms with Crippen molar-refractivity contribution >= 4 is 29.9 Å². The van der Waals surface area contributed by atoms with Crippen LogP contribution in [0.4, 0.5) is 0 Å². The maximum atomic E-state index is 4.20. The Hall–Kier alpha value is -0.780. The van der Waals surface area contributed by atoms with Crippen molar-refractivity contribution in [1.29, 1.82) is 0 Å². The highest BCUT2D eigenvalue weighted by Gasteiger charge is 1.99. The van der Waals surface area contributed by atoms with E-state index in [4.69, 9.17) is 0 Å². The van der Waals surface area contributed by atoms with Crippen LogP contribution in [-0.2, 0) is 6.42 Å². The second-order valence-electron chi connectivity index (χ2n) is 5.01. The third-order valence-electron chi connectivity index (χ3n) is 2.69. The van der Waals surface area contributed by atoms with E-state index in [1.165, 1.54) is 11.1 Å². The molecule has 0 aliphatic carbocycles. The van der Waals surface area contributed by atoms with E-state index >= 15 is 0 Å². The SMILES string of the molecule is CN=C(NCCc1cccc(C)c1)NCC(C)C.I. The van der Waals surface area contributed by atoms with E-state index in [1.54, 1.807) is 0 Å². The van der Waals surface area contributed by atoms with Crippen LogP contribution in [0.5, 0.6) is 0 Å². The van der Waals surface area contributed by atoms with Gasteiger partial charge in [0.25, 0.3) is 0 Å². The van der Waals surface area contributed by atoms with E-state index in [-0.39, 0.29) is 24.0 Å².